The van der Waals surface area contributed by atoms with Crippen LogP contribution in [-0.4, -0.2) is 19.8 Å². The quantitative estimate of drug-likeness (QED) is 0.601. The maximum absolute atomic E-state index is 11.4. The second-order valence-corrected chi connectivity index (χ2v) is 4.60. The molecule has 0 bridgehead atoms. The minimum atomic E-state index is -0.334. The Hall–Kier alpha value is -1.81. The Bertz CT molecular complexity index is 643. The summed E-state index contributed by atoms with van der Waals surface area (Å²) in [5.41, 5.74) is 2.26. The smallest absolute Gasteiger partial charge is 0.336 e. The van der Waals surface area contributed by atoms with Crippen LogP contribution in [0.4, 0.5) is 0 Å². The van der Waals surface area contributed by atoms with Crippen molar-refractivity contribution in [1.82, 2.24) is 0 Å². The lowest BCUT2D eigenvalue weighted by Crippen LogP contribution is -2.08. The molecule has 4 heteroatoms. The first-order valence-corrected chi connectivity index (χ1v) is 6.93. The predicted molar refractivity (Wildman–Crippen MR) is 78.6 cm³/mol. The molecule has 0 aliphatic carbocycles. The van der Waals surface area contributed by atoms with Gasteiger partial charge in [0, 0.05) is 24.1 Å². The molecule has 2 aromatic rings. The highest BCUT2D eigenvalue weighted by molar-refractivity contribution is 5.82. The first kappa shape index (κ1) is 14.6. The second-order valence-electron chi connectivity index (χ2n) is 4.60. The summed E-state index contributed by atoms with van der Waals surface area (Å²) in [7, 11) is 0. The van der Waals surface area contributed by atoms with Crippen LogP contribution in [0.5, 0.6) is 5.75 Å². The van der Waals surface area contributed by atoms with Gasteiger partial charge in [-0.15, -0.1) is 0 Å². The van der Waals surface area contributed by atoms with Crippen molar-refractivity contribution in [2.45, 2.75) is 27.2 Å². The number of ether oxygens (including phenoxy) is 2. The van der Waals surface area contributed by atoms with E-state index >= 15 is 0 Å². The molecule has 1 aromatic carbocycles. The van der Waals surface area contributed by atoms with Gasteiger partial charge in [0.15, 0.2) is 0 Å². The Morgan fingerprint density at radius 3 is 2.65 bits per heavy atom. The van der Waals surface area contributed by atoms with E-state index in [0.717, 1.165) is 28.7 Å². The molecule has 0 atom stereocenters. The predicted octanol–water partition coefficient (Wildman–Crippen LogP) is 3.08. The largest absolute Gasteiger partial charge is 0.491 e. The van der Waals surface area contributed by atoms with E-state index in [1.807, 2.05) is 19.9 Å². The Balaban J connectivity index is 2.35. The van der Waals surface area contributed by atoms with Gasteiger partial charge < -0.3 is 13.9 Å². The number of rotatable bonds is 6. The minimum absolute atomic E-state index is 0.334. The van der Waals surface area contributed by atoms with Crippen molar-refractivity contribution in [3.05, 3.63) is 39.7 Å². The number of aryl methyl sites for hydroxylation is 2. The van der Waals surface area contributed by atoms with E-state index in [1.54, 1.807) is 6.07 Å². The molecule has 0 radical (unpaired) electrons. The summed E-state index contributed by atoms with van der Waals surface area (Å²) in [6, 6.07) is 5.34. The van der Waals surface area contributed by atoms with E-state index in [1.165, 1.54) is 6.07 Å². The Morgan fingerprint density at radius 1 is 1.15 bits per heavy atom. The maximum Gasteiger partial charge on any atom is 0.336 e. The van der Waals surface area contributed by atoms with Crippen LogP contribution >= 0.6 is 0 Å². The van der Waals surface area contributed by atoms with Crippen molar-refractivity contribution in [3.8, 4) is 5.75 Å². The molecule has 0 amide bonds. The van der Waals surface area contributed by atoms with Crippen LogP contribution in [0.25, 0.3) is 11.0 Å². The Kier molecular flexibility index (Phi) is 4.79. The summed E-state index contributed by atoms with van der Waals surface area (Å²) < 4.78 is 16.2. The number of fused-ring (bicyclic) bond motifs is 1. The van der Waals surface area contributed by atoms with E-state index < -0.39 is 0 Å². The summed E-state index contributed by atoms with van der Waals surface area (Å²) in [5.74, 6) is 0.758. The van der Waals surface area contributed by atoms with Crippen molar-refractivity contribution in [3.63, 3.8) is 0 Å². The van der Waals surface area contributed by atoms with Crippen molar-refractivity contribution in [2.75, 3.05) is 19.8 Å². The van der Waals surface area contributed by atoms with E-state index in [9.17, 15) is 4.79 Å². The summed E-state index contributed by atoms with van der Waals surface area (Å²) in [6.07, 6.45) is 0.860. The van der Waals surface area contributed by atoms with Crippen LogP contribution in [0.1, 0.15) is 25.0 Å². The van der Waals surface area contributed by atoms with Gasteiger partial charge in [-0.25, -0.2) is 4.79 Å². The molecule has 1 aromatic heterocycles. The van der Waals surface area contributed by atoms with Gasteiger partial charge in [0.05, 0.1) is 6.61 Å². The van der Waals surface area contributed by atoms with Crippen molar-refractivity contribution < 1.29 is 13.9 Å². The van der Waals surface area contributed by atoms with Gasteiger partial charge in [-0.3, -0.25) is 0 Å². The van der Waals surface area contributed by atoms with E-state index in [0.29, 0.717) is 25.4 Å². The summed E-state index contributed by atoms with van der Waals surface area (Å²) >= 11 is 0. The second kappa shape index (κ2) is 6.57. The van der Waals surface area contributed by atoms with Gasteiger partial charge in [-0.2, -0.15) is 0 Å². The molecule has 0 saturated carbocycles. The molecule has 0 fully saturated rings. The molecule has 0 saturated heterocycles. The molecular weight excluding hydrogens is 256 g/mol. The average Bonchev–Trinajstić information content (AvgIpc) is 2.42. The highest BCUT2D eigenvalue weighted by Gasteiger charge is 2.09. The topological polar surface area (TPSA) is 48.7 Å². The van der Waals surface area contributed by atoms with Gasteiger partial charge in [0.1, 0.15) is 17.9 Å². The summed E-state index contributed by atoms with van der Waals surface area (Å²) in [6.45, 7) is 7.65. The molecule has 0 unspecified atom stereocenters. The number of hydrogen-bond acceptors (Lipinski definition) is 4. The van der Waals surface area contributed by atoms with Crippen LogP contribution in [0.15, 0.2) is 27.4 Å². The van der Waals surface area contributed by atoms with Crippen LogP contribution in [0, 0.1) is 6.92 Å². The zero-order chi connectivity index (χ0) is 14.5. The van der Waals surface area contributed by atoms with E-state index in [-0.39, 0.29) is 5.63 Å². The molecule has 0 aliphatic heterocycles. The van der Waals surface area contributed by atoms with Crippen molar-refractivity contribution in [2.24, 2.45) is 0 Å². The number of benzene rings is 1. The van der Waals surface area contributed by atoms with Crippen LogP contribution in [-0.2, 0) is 11.2 Å². The summed E-state index contributed by atoms with van der Waals surface area (Å²) in [4.78, 5) is 11.4. The third kappa shape index (κ3) is 3.20. The SMILES string of the molecule is CCOCCOc1cc2oc(=O)cc(C)c2cc1CC. The molecule has 0 spiro atoms. The lowest BCUT2D eigenvalue weighted by Gasteiger charge is -2.12. The van der Waals surface area contributed by atoms with Gasteiger partial charge >= 0.3 is 5.63 Å². The van der Waals surface area contributed by atoms with Crippen LogP contribution < -0.4 is 10.4 Å². The number of hydrogen-bond donors (Lipinski definition) is 0. The maximum atomic E-state index is 11.4. The summed E-state index contributed by atoms with van der Waals surface area (Å²) in [5, 5.41) is 0.957. The zero-order valence-electron chi connectivity index (χ0n) is 12.2. The standard InChI is InChI=1S/C16H20O4/c1-4-12-9-13-11(3)8-16(17)20-15(13)10-14(12)19-7-6-18-5-2/h8-10H,4-7H2,1-3H3. The highest BCUT2D eigenvalue weighted by atomic mass is 16.5. The average molecular weight is 276 g/mol. The molecule has 1 heterocycles. The third-order valence-electron chi connectivity index (χ3n) is 3.20. The van der Waals surface area contributed by atoms with Crippen LogP contribution in [0.2, 0.25) is 0 Å². The molecule has 0 aliphatic rings. The first-order chi connectivity index (χ1) is 9.65. The van der Waals surface area contributed by atoms with Crippen molar-refractivity contribution in [1.29, 1.82) is 0 Å². The zero-order valence-corrected chi connectivity index (χ0v) is 12.2. The first-order valence-electron chi connectivity index (χ1n) is 6.93. The minimum Gasteiger partial charge on any atom is -0.491 e. The van der Waals surface area contributed by atoms with E-state index in [4.69, 9.17) is 13.9 Å². The highest BCUT2D eigenvalue weighted by Crippen LogP contribution is 2.27. The van der Waals surface area contributed by atoms with Gasteiger partial charge in [0.25, 0.3) is 0 Å². The lowest BCUT2D eigenvalue weighted by atomic mass is 10.1. The molecule has 20 heavy (non-hydrogen) atoms. The Morgan fingerprint density at radius 2 is 1.95 bits per heavy atom. The molecule has 108 valence electrons. The normalized spacial score (nSPS) is 10.9. The monoisotopic (exact) mass is 276 g/mol. The molecular formula is C16H20O4. The lowest BCUT2D eigenvalue weighted by molar-refractivity contribution is 0.110. The van der Waals surface area contributed by atoms with Gasteiger partial charge in [-0.05, 0) is 37.5 Å². The van der Waals surface area contributed by atoms with Crippen LogP contribution in [0.3, 0.4) is 0 Å². The fraction of sp³-hybridized carbons (Fsp3) is 0.438. The molecule has 2 rings (SSSR count). The Labute approximate surface area is 118 Å². The van der Waals surface area contributed by atoms with Gasteiger partial charge in [-0.1, -0.05) is 6.92 Å². The fourth-order valence-electron chi connectivity index (χ4n) is 2.16. The molecule has 4 nitrogen and oxygen atoms in total. The fourth-order valence-corrected chi connectivity index (χ4v) is 2.16. The van der Waals surface area contributed by atoms with E-state index in [2.05, 4.69) is 6.92 Å². The third-order valence-corrected chi connectivity index (χ3v) is 3.20. The molecule has 0 N–H and O–H groups in total. The van der Waals surface area contributed by atoms with Crippen molar-refractivity contribution >= 4 is 11.0 Å². The van der Waals surface area contributed by atoms with Gasteiger partial charge in [0.2, 0.25) is 0 Å².